The molecule has 0 heterocycles. The third-order valence-corrected chi connectivity index (χ3v) is 9.48. The van der Waals surface area contributed by atoms with Crippen molar-refractivity contribution in [1.29, 1.82) is 0 Å². The molecule has 0 aliphatic rings. The summed E-state index contributed by atoms with van der Waals surface area (Å²) in [6.07, 6.45) is 0.225. The van der Waals surface area contributed by atoms with Crippen LogP contribution in [-0.2, 0) is 32.6 Å². The summed E-state index contributed by atoms with van der Waals surface area (Å²) in [6.45, 7) is 5.73. The van der Waals surface area contributed by atoms with Crippen LogP contribution in [0.5, 0.6) is 0 Å². The van der Waals surface area contributed by atoms with Crippen molar-refractivity contribution in [3.05, 3.63) is 130 Å². The van der Waals surface area contributed by atoms with Gasteiger partial charge in [0.05, 0.1) is 10.6 Å². The van der Waals surface area contributed by atoms with Crippen LogP contribution in [0, 0.1) is 12.8 Å². The lowest BCUT2D eigenvalue weighted by Crippen LogP contribution is -2.53. The molecule has 0 fully saturated rings. The fourth-order valence-electron chi connectivity index (χ4n) is 4.78. The summed E-state index contributed by atoms with van der Waals surface area (Å²) in [7, 11) is -4.20. The Labute approximate surface area is 275 Å². The van der Waals surface area contributed by atoms with Gasteiger partial charge in [-0.15, -0.1) is 0 Å². The Hall–Kier alpha value is -3.85. The molecule has 7 nitrogen and oxygen atoms in total. The number of benzene rings is 4. The van der Waals surface area contributed by atoms with Gasteiger partial charge in [0.2, 0.25) is 11.8 Å². The van der Waals surface area contributed by atoms with E-state index in [4.69, 9.17) is 23.2 Å². The third-order valence-electron chi connectivity index (χ3n) is 7.20. The number of halogens is 2. The Morgan fingerprint density at radius 2 is 1.44 bits per heavy atom. The van der Waals surface area contributed by atoms with Gasteiger partial charge in [-0.3, -0.25) is 13.9 Å². The predicted molar refractivity (Wildman–Crippen MR) is 181 cm³/mol. The SMILES string of the molecule is Cc1ccc(S(=O)(=O)N(CC(=O)N(Cc2cccc(Cl)c2)[C@H](Cc2ccccc2)C(=O)NCC(C)C)c2ccc(Cl)cc2)cc1. The smallest absolute Gasteiger partial charge is 0.264 e. The van der Waals surface area contributed by atoms with Crippen LogP contribution in [-0.4, -0.2) is 44.3 Å². The second kappa shape index (κ2) is 15.4. The van der Waals surface area contributed by atoms with E-state index >= 15 is 0 Å². The van der Waals surface area contributed by atoms with Gasteiger partial charge in [-0.25, -0.2) is 8.42 Å². The summed E-state index contributed by atoms with van der Waals surface area (Å²) in [5.41, 5.74) is 2.71. The van der Waals surface area contributed by atoms with E-state index in [0.717, 1.165) is 15.4 Å². The normalized spacial score (nSPS) is 12.0. The fourth-order valence-corrected chi connectivity index (χ4v) is 6.54. The first kappa shape index (κ1) is 34.0. The van der Waals surface area contributed by atoms with Gasteiger partial charge in [0.1, 0.15) is 12.6 Å². The molecule has 0 bridgehead atoms. The van der Waals surface area contributed by atoms with Crippen molar-refractivity contribution in [3.63, 3.8) is 0 Å². The minimum absolute atomic E-state index is 0.0328. The molecule has 0 aliphatic heterocycles. The summed E-state index contributed by atoms with van der Waals surface area (Å²) >= 11 is 12.4. The molecule has 0 unspecified atom stereocenters. The fraction of sp³-hybridized carbons (Fsp3) is 0.257. The van der Waals surface area contributed by atoms with Crippen LogP contribution in [0.25, 0.3) is 0 Å². The second-order valence-electron chi connectivity index (χ2n) is 11.3. The van der Waals surface area contributed by atoms with Gasteiger partial charge in [-0.2, -0.15) is 0 Å². The number of hydrogen-bond acceptors (Lipinski definition) is 4. The number of nitrogens with one attached hydrogen (secondary N) is 1. The molecule has 4 rings (SSSR count). The highest BCUT2D eigenvalue weighted by Gasteiger charge is 2.34. The molecule has 4 aromatic rings. The summed E-state index contributed by atoms with van der Waals surface area (Å²) in [5, 5.41) is 3.88. The second-order valence-corrected chi connectivity index (χ2v) is 14.0. The maximum Gasteiger partial charge on any atom is 0.264 e. The Balaban J connectivity index is 1.79. The van der Waals surface area contributed by atoms with E-state index in [0.29, 0.717) is 22.2 Å². The number of carbonyl (C=O) groups excluding carboxylic acids is 2. The van der Waals surface area contributed by atoms with Crippen molar-refractivity contribution in [1.82, 2.24) is 10.2 Å². The number of rotatable bonds is 13. The predicted octanol–water partition coefficient (Wildman–Crippen LogP) is 6.91. The van der Waals surface area contributed by atoms with Crippen LogP contribution < -0.4 is 9.62 Å². The zero-order chi connectivity index (χ0) is 32.6. The van der Waals surface area contributed by atoms with Gasteiger partial charge in [0.25, 0.3) is 10.0 Å². The number of nitrogens with zero attached hydrogens (tertiary/aromatic N) is 2. The number of aryl methyl sites for hydroxylation is 1. The molecule has 1 N–H and O–H groups in total. The van der Waals surface area contributed by atoms with E-state index in [1.165, 1.54) is 17.0 Å². The van der Waals surface area contributed by atoms with E-state index in [9.17, 15) is 18.0 Å². The van der Waals surface area contributed by atoms with Gasteiger partial charge in [0, 0.05) is 29.6 Å². The lowest BCUT2D eigenvalue weighted by atomic mass is 10.0. The lowest BCUT2D eigenvalue weighted by molar-refractivity contribution is -0.140. The van der Waals surface area contributed by atoms with Crippen molar-refractivity contribution >= 4 is 50.7 Å². The van der Waals surface area contributed by atoms with Crippen LogP contribution in [0.4, 0.5) is 5.69 Å². The first-order chi connectivity index (χ1) is 21.4. The zero-order valence-electron chi connectivity index (χ0n) is 25.5. The van der Waals surface area contributed by atoms with E-state index in [1.807, 2.05) is 57.2 Å². The number of carbonyl (C=O) groups is 2. The summed E-state index contributed by atoms with van der Waals surface area (Å²) in [6, 6.07) is 28.2. The molecular formula is C35H37Cl2N3O4S. The van der Waals surface area contributed by atoms with Gasteiger partial charge in [-0.05, 0) is 72.5 Å². The molecule has 2 amide bonds. The van der Waals surface area contributed by atoms with Gasteiger partial charge < -0.3 is 10.2 Å². The number of hydrogen-bond donors (Lipinski definition) is 1. The van der Waals surface area contributed by atoms with Crippen LogP contribution in [0.2, 0.25) is 10.0 Å². The molecule has 0 saturated carbocycles. The van der Waals surface area contributed by atoms with Crippen molar-refractivity contribution in [2.24, 2.45) is 5.92 Å². The highest BCUT2D eigenvalue weighted by atomic mass is 35.5. The van der Waals surface area contributed by atoms with Crippen molar-refractivity contribution in [2.45, 2.75) is 44.7 Å². The topological polar surface area (TPSA) is 86.8 Å². The van der Waals surface area contributed by atoms with Crippen LogP contribution in [0.15, 0.2) is 108 Å². The van der Waals surface area contributed by atoms with Crippen molar-refractivity contribution in [3.8, 4) is 0 Å². The van der Waals surface area contributed by atoms with Gasteiger partial charge >= 0.3 is 0 Å². The lowest BCUT2D eigenvalue weighted by Gasteiger charge is -2.34. The monoisotopic (exact) mass is 665 g/mol. The van der Waals surface area contributed by atoms with E-state index in [-0.39, 0.29) is 35.4 Å². The average Bonchev–Trinajstić information content (AvgIpc) is 3.01. The van der Waals surface area contributed by atoms with Gasteiger partial charge in [0.15, 0.2) is 0 Å². The van der Waals surface area contributed by atoms with Crippen molar-refractivity contribution < 1.29 is 18.0 Å². The Bertz CT molecular complexity index is 1700. The van der Waals surface area contributed by atoms with Crippen LogP contribution in [0.3, 0.4) is 0 Å². The summed E-state index contributed by atoms with van der Waals surface area (Å²) in [5.74, 6) is -0.702. The molecule has 0 aliphatic carbocycles. The minimum atomic E-state index is -4.20. The molecule has 0 saturated heterocycles. The quantitative estimate of drug-likeness (QED) is 0.168. The standard InChI is InChI=1S/C35H37Cl2N3O4S/c1-25(2)22-38-35(42)33(21-27-8-5-4-6-9-27)39(23-28-10-7-11-30(37)20-28)34(41)24-40(31-16-14-29(36)15-17-31)45(43,44)32-18-12-26(3)13-19-32/h4-20,25,33H,21-24H2,1-3H3,(H,38,42)/t33-/m1/s1. The molecular weight excluding hydrogens is 629 g/mol. The molecule has 0 radical (unpaired) electrons. The molecule has 236 valence electrons. The van der Waals surface area contributed by atoms with E-state index in [2.05, 4.69) is 5.32 Å². The highest BCUT2D eigenvalue weighted by Crippen LogP contribution is 2.27. The number of sulfonamides is 1. The highest BCUT2D eigenvalue weighted by molar-refractivity contribution is 7.92. The number of anilines is 1. The van der Waals surface area contributed by atoms with Crippen molar-refractivity contribution in [2.75, 3.05) is 17.4 Å². The molecule has 1 atom stereocenters. The maximum absolute atomic E-state index is 14.5. The van der Waals surface area contributed by atoms with Gasteiger partial charge in [-0.1, -0.05) is 97.2 Å². The summed E-state index contributed by atoms with van der Waals surface area (Å²) < 4.78 is 29.2. The Morgan fingerprint density at radius 3 is 2.07 bits per heavy atom. The molecule has 45 heavy (non-hydrogen) atoms. The first-order valence-corrected chi connectivity index (χ1v) is 16.8. The molecule has 4 aromatic carbocycles. The molecule has 0 spiro atoms. The average molecular weight is 667 g/mol. The first-order valence-electron chi connectivity index (χ1n) is 14.6. The molecule has 0 aromatic heterocycles. The minimum Gasteiger partial charge on any atom is -0.354 e. The number of amides is 2. The maximum atomic E-state index is 14.5. The van der Waals surface area contributed by atoms with Crippen LogP contribution in [0.1, 0.15) is 30.5 Å². The zero-order valence-corrected chi connectivity index (χ0v) is 27.8. The van der Waals surface area contributed by atoms with E-state index in [1.54, 1.807) is 54.6 Å². The Morgan fingerprint density at radius 1 is 0.800 bits per heavy atom. The Kier molecular flexibility index (Phi) is 11.7. The molecule has 10 heteroatoms. The summed E-state index contributed by atoms with van der Waals surface area (Å²) in [4.78, 5) is 29.8. The third kappa shape index (κ3) is 9.33. The van der Waals surface area contributed by atoms with Crippen LogP contribution >= 0.6 is 23.2 Å². The largest absolute Gasteiger partial charge is 0.354 e. The van der Waals surface area contributed by atoms with E-state index < -0.39 is 28.5 Å².